The Balaban J connectivity index is 1.24. The highest BCUT2D eigenvalue weighted by molar-refractivity contribution is 7.98. The Morgan fingerprint density at radius 2 is 1.72 bits per heavy atom. The van der Waals surface area contributed by atoms with Crippen molar-refractivity contribution in [1.29, 1.82) is 0 Å². The molecule has 5 fully saturated rings. The lowest BCUT2D eigenvalue weighted by atomic mass is 9.47. The van der Waals surface area contributed by atoms with Crippen molar-refractivity contribution in [2.75, 3.05) is 13.2 Å². The molecule has 4 bridgehead atoms. The van der Waals surface area contributed by atoms with Crippen molar-refractivity contribution in [2.24, 2.45) is 16.7 Å². The molecule has 5 unspecified atom stereocenters. The lowest BCUT2D eigenvalue weighted by Crippen LogP contribution is -2.64. The number of aliphatic hydroxyl groups is 1. The van der Waals surface area contributed by atoms with E-state index in [1.54, 1.807) is 0 Å². The van der Waals surface area contributed by atoms with Crippen LogP contribution in [-0.4, -0.2) is 64.8 Å². The number of piperidine rings is 1. The molecule has 3 saturated heterocycles. The van der Waals surface area contributed by atoms with Crippen molar-refractivity contribution < 1.29 is 9.84 Å². The van der Waals surface area contributed by atoms with Gasteiger partial charge in [-0.2, -0.15) is 0 Å². The molecular formula is C35H59N5O2S. The standard InChI is InChI=1S/C35H59N5O2S/c1-22-10-8-11-23(2)31(22)28-14-29-38-32(37-28)39-43-30-13-9-12-25(36-30)20-40(27(21-42-29)17-33(3,4)5)26-18-35(19-26)15-24(16-35)34(6,7)41/h8,10-11,24-30,32,36-39,41H,9,12-21H2,1-7H3/t24?,25?,26?,27-,28?,29?,30?,32?,35?/m1/s1. The first kappa shape index (κ1) is 32.2. The average molecular weight is 614 g/mol. The number of aryl methyl sites for hydroxylation is 2. The van der Waals surface area contributed by atoms with Crippen LogP contribution in [0.5, 0.6) is 0 Å². The third-order valence-corrected chi connectivity index (χ3v) is 12.3. The van der Waals surface area contributed by atoms with Gasteiger partial charge in [-0.25, -0.2) is 4.72 Å². The van der Waals surface area contributed by atoms with E-state index in [1.807, 2.05) is 25.8 Å². The number of nitrogens with zero attached hydrogens (tertiary/aromatic N) is 1. The van der Waals surface area contributed by atoms with E-state index in [1.165, 1.54) is 61.6 Å². The van der Waals surface area contributed by atoms with Crippen LogP contribution >= 0.6 is 11.9 Å². The number of nitrogens with one attached hydrogen (secondary N) is 4. The van der Waals surface area contributed by atoms with Gasteiger partial charge in [0.2, 0.25) is 0 Å². The van der Waals surface area contributed by atoms with Crippen molar-refractivity contribution in [3.8, 4) is 0 Å². The lowest BCUT2D eigenvalue weighted by molar-refractivity contribution is -0.158. The Kier molecular flexibility index (Phi) is 9.36. The van der Waals surface area contributed by atoms with Gasteiger partial charge in [0.1, 0.15) is 12.5 Å². The fraction of sp³-hybridized carbons (Fsp3) is 0.829. The highest BCUT2D eigenvalue weighted by Gasteiger charge is 2.57. The molecule has 1 aromatic rings. The zero-order valence-corrected chi connectivity index (χ0v) is 28.7. The summed E-state index contributed by atoms with van der Waals surface area (Å²) in [6.45, 7) is 17.5. The Morgan fingerprint density at radius 3 is 2.40 bits per heavy atom. The number of hydrogen-bond donors (Lipinski definition) is 5. The van der Waals surface area contributed by atoms with Crippen LogP contribution in [0.25, 0.3) is 0 Å². The van der Waals surface area contributed by atoms with E-state index in [2.05, 4.69) is 78.4 Å². The first-order valence-corrected chi connectivity index (χ1v) is 18.0. The molecule has 0 amide bonds. The predicted molar refractivity (Wildman–Crippen MR) is 177 cm³/mol. The van der Waals surface area contributed by atoms with Crippen molar-refractivity contribution in [3.05, 3.63) is 34.9 Å². The van der Waals surface area contributed by atoms with Crippen molar-refractivity contribution >= 4 is 11.9 Å². The monoisotopic (exact) mass is 613 g/mol. The second-order valence-corrected chi connectivity index (χ2v) is 17.7. The molecule has 3 aliphatic heterocycles. The molecule has 0 radical (unpaired) electrons. The van der Waals surface area contributed by atoms with Crippen LogP contribution in [0.15, 0.2) is 18.2 Å². The number of rotatable bonds is 4. The molecule has 2 saturated carbocycles. The minimum atomic E-state index is -0.550. The minimum Gasteiger partial charge on any atom is -0.390 e. The molecule has 1 spiro atoms. The van der Waals surface area contributed by atoms with Crippen LogP contribution in [0.3, 0.4) is 0 Å². The summed E-state index contributed by atoms with van der Waals surface area (Å²) in [6, 6.07) is 8.36. The van der Waals surface area contributed by atoms with Gasteiger partial charge >= 0.3 is 0 Å². The quantitative estimate of drug-likeness (QED) is 0.277. The van der Waals surface area contributed by atoms with Crippen LogP contribution in [0.4, 0.5) is 0 Å². The first-order chi connectivity index (χ1) is 20.3. The predicted octanol–water partition coefficient (Wildman–Crippen LogP) is 5.71. The van der Waals surface area contributed by atoms with E-state index in [0.717, 1.165) is 26.0 Å². The van der Waals surface area contributed by atoms with Gasteiger partial charge in [0.05, 0.1) is 17.6 Å². The zero-order valence-electron chi connectivity index (χ0n) is 27.8. The molecule has 7 nitrogen and oxygen atoms in total. The van der Waals surface area contributed by atoms with Gasteiger partial charge in [0.15, 0.2) is 0 Å². The Labute approximate surface area is 265 Å². The number of hydrogen-bond acceptors (Lipinski definition) is 8. The maximum Gasteiger partial charge on any atom is 0.123 e. The first-order valence-electron chi connectivity index (χ1n) is 17.1. The van der Waals surface area contributed by atoms with E-state index < -0.39 is 5.60 Å². The molecule has 8 heteroatoms. The summed E-state index contributed by atoms with van der Waals surface area (Å²) in [5, 5.41) is 22.7. The molecule has 1 aromatic carbocycles. The summed E-state index contributed by atoms with van der Waals surface area (Å²) in [7, 11) is 0. The molecule has 5 aliphatic rings. The second-order valence-electron chi connectivity index (χ2n) is 16.6. The van der Waals surface area contributed by atoms with E-state index in [4.69, 9.17) is 4.74 Å². The van der Waals surface area contributed by atoms with Gasteiger partial charge in [-0.1, -0.05) is 50.9 Å². The van der Waals surface area contributed by atoms with Crippen molar-refractivity contribution in [3.63, 3.8) is 0 Å². The zero-order chi connectivity index (χ0) is 30.6. The molecular weight excluding hydrogens is 554 g/mol. The second kappa shape index (κ2) is 12.5. The van der Waals surface area contributed by atoms with Gasteiger partial charge < -0.3 is 15.2 Å². The molecule has 5 N–H and O–H groups in total. The normalized spacial score (nSPS) is 39.6. The maximum absolute atomic E-state index is 10.6. The Hall–Kier alpha value is -0.710. The van der Waals surface area contributed by atoms with E-state index in [9.17, 15) is 5.11 Å². The third kappa shape index (κ3) is 7.48. The minimum absolute atomic E-state index is 0.0207. The fourth-order valence-corrected chi connectivity index (χ4v) is 9.95. The van der Waals surface area contributed by atoms with Gasteiger partial charge in [0, 0.05) is 37.1 Å². The molecule has 6 atom stereocenters. The van der Waals surface area contributed by atoms with Crippen LogP contribution in [0.1, 0.15) is 115 Å². The van der Waals surface area contributed by atoms with Crippen LogP contribution in [-0.2, 0) is 4.74 Å². The van der Waals surface area contributed by atoms with E-state index in [-0.39, 0.29) is 24.0 Å². The van der Waals surface area contributed by atoms with Gasteiger partial charge in [-0.15, -0.1) is 0 Å². The molecule has 6 rings (SSSR count). The van der Waals surface area contributed by atoms with Crippen LogP contribution in [0, 0.1) is 30.6 Å². The molecule has 43 heavy (non-hydrogen) atoms. The Morgan fingerprint density at radius 1 is 1.00 bits per heavy atom. The summed E-state index contributed by atoms with van der Waals surface area (Å²) >= 11 is 1.84. The largest absolute Gasteiger partial charge is 0.390 e. The van der Waals surface area contributed by atoms with Gasteiger partial charge in [0.25, 0.3) is 0 Å². The van der Waals surface area contributed by atoms with Crippen molar-refractivity contribution in [2.45, 2.75) is 154 Å². The average Bonchev–Trinajstić information content (AvgIpc) is 2.86. The molecule has 2 aliphatic carbocycles. The van der Waals surface area contributed by atoms with Crippen molar-refractivity contribution in [1.82, 2.24) is 25.6 Å². The van der Waals surface area contributed by atoms with E-state index >= 15 is 0 Å². The summed E-state index contributed by atoms with van der Waals surface area (Å²) in [5.74, 6) is 0.450. The SMILES string of the molecule is Cc1cccc(C)c1C1CC2NC(NSC3CCCC(CN(C4CC5(C4)CC(C(C)(C)O)C5)[C@H](CC(C)(C)C)CO2)N3)N1. The summed E-state index contributed by atoms with van der Waals surface area (Å²) in [4.78, 5) is 2.88. The highest BCUT2D eigenvalue weighted by atomic mass is 32.2. The Bertz CT molecular complexity index is 1080. The highest BCUT2D eigenvalue weighted by Crippen LogP contribution is 2.62. The number of ether oxygens (including phenoxy) is 1. The number of benzene rings is 1. The summed E-state index contributed by atoms with van der Waals surface area (Å²) in [5.41, 5.74) is 4.22. The topological polar surface area (TPSA) is 80.8 Å². The van der Waals surface area contributed by atoms with E-state index in [0.29, 0.717) is 34.8 Å². The smallest absolute Gasteiger partial charge is 0.123 e. The van der Waals surface area contributed by atoms with Gasteiger partial charge in [-0.05, 0) is 112 Å². The van der Waals surface area contributed by atoms with Crippen LogP contribution < -0.4 is 20.7 Å². The summed E-state index contributed by atoms with van der Waals surface area (Å²) < 4.78 is 10.7. The maximum atomic E-state index is 10.6. The molecule has 3 heterocycles. The summed E-state index contributed by atoms with van der Waals surface area (Å²) in [6.07, 6.45) is 10.6. The number of fused-ring (bicyclic) bond motifs is 4. The third-order valence-electron chi connectivity index (χ3n) is 11.2. The van der Waals surface area contributed by atoms with Gasteiger partial charge in [-0.3, -0.25) is 15.5 Å². The lowest BCUT2D eigenvalue weighted by Gasteiger charge is -2.63. The molecule has 242 valence electrons. The fourth-order valence-electron chi connectivity index (χ4n) is 8.96. The van der Waals surface area contributed by atoms with Crippen LogP contribution in [0.2, 0.25) is 0 Å². The molecule has 0 aromatic heterocycles.